The number of nitrogens with zero attached hydrogens (tertiary/aromatic N) is 1. The van der Waals surface area contributed by atoms with Gasteiger partial charge in [0.2, 0.25) is 11.8 Å². The van der Waals surface area contributed by atoms with Crippen LogP contribution in [0.25, 0.3) is 0 Å². The van der Waals surface area contributed by atoms with Crippen LogP contribution in [0, 0.1) is 5.41 Å². The van der Waals surface area contributed by atoms with Crippen LogP contribution in [0.4, 0.5) is 18.9 Å². The number of likely N-dealkylation sites (N-methyl/N-ethyl adjacent to an activating group) is 1. The molecular weight excluding hydrogens is 359 g/mol. The molecule has 2 amide bonds. The van der Waals surface area contributed by atoms with Gasteiger partial charge in [-0.1, -0.05) is 11.6 Å². The van der Waals surface area contributed by atoms with Crippen LogP contribution in [-0.4, -0.2) is 43.9 Å². The smallest absolute Gasteiger partial charge is 0.354 e. The molecule has 25 heavy (non-hydrogen) atoms. The molecule has 0 spiro atoms. The number of anilines is 1. The van der Waals surface area contributed by atoms with Gasteiger partial charge in [0, 0.05) is 18.8 Å². The van der Waals surface area contributed by atoms with E-state index in [1.165, 1.54) is 19.9 Å². The van der Waals surface area contributed by atoms with Crippen molar-refractivity contribution in [1.82, 2.24) is 10.2 Å². The van der Waals surface area contributed by atoms with Crippen molar-refractivity contribution in [3.05, 3.63) is 28.8 Å². The van der Waals surface area contributed by atoms with Gasteiger partial charge in [-0.3, -0.25) is 9.59 Å². The zero-order valence-electron chi connectivity index (χ0n) is 14.4. The monoisotopic (exact) mass is 379 g/mol. The van der Waals surface area contributed by atoms with Crippen molar-refractivity contribution in [2.45, 2.75) is 20.0 Å². The molecule has 1 aromatic rings. The summed E-state index contributed by atoms with van der Waals surface area (Å²) < 4.78 is 38.6. The zero-order valence-corrected chi connectivity index (χ0v) is 15.2. The molecule has 0 unspecified atom stereocenters. The molecule has 0 aliphatic carbocycles. The average Bonchev–Trinajstić information content (AvgIpc) is 2.47. The molecule has 0 bridgehead atoms. The van der Waals surface area contributed by atoms with Gasteiger partial charge < -0.3 is 15.5 Å². The van der Waals surface area contributed by atoms with Gasteiger partial charge in [0.25, 0.3) is 0 Å². The number of hydrogen-bond donors (Lipinski definition) is 2. The fourth-order valence-electron chi connectivity index (χ4n) is 1.82. The molecule has 0 heterocycles. The molecule has 0 saturated heterocycles. The van der Waals surface area contributed by atoms with Gasteiger partial charge in [-0.25, -0.2) is 0 Å². The maximum absolute atomic E-state index is 12.9. The number of carbonyl (C=O) groups excluding carboxylic acids is 2. The van der Waals surface area contributed by atoms with Crippen molar-refractivity contribution in [1.29, 1.82) is 0 Å². The van der Waals surface area contributed by atoms with E-state index in [2.05, 4.69) is 10.6 Å². The summed E-state index contributed by atoms with van der Waals surface area (Å²) >= 11 is 5.54. The lowest BCUT2D eigenvalue weighted by molar-refractivity contribution is -0.139. The number of amides is 2. The molecule has 9 heteroatoms. The number of halogens is 4. The van der Waals surface area contributed by atoms with Crippen LogP contribution in [0.2, 0.25) is 5.02 Å². The van der Waals surface area contributed by atoms with Gasteiger partial charge in [0.1, 0.15) is 5.41 Å². The topological polar surface area (TPSA) is 61.4 Å². The molecule has 1 rings (SSSR count). The summed E-state index contributed by atoms with van der Waals surface area (Å²) in [7, 11) is 3.67. The van der Waals surface area contributed by atoms with Crippen LogP contribution in [0.15, 0.2) is 18.2 Å². The number of carbonyl (C=O) groups is 2. The van der Waals surface area contributed by atoms with E-state index in [4.69, 9.17) is 11.6 Å². The number of nitrogens with one attached hydrogen (secondary N) is 2. The van der Waals surface area contributed by atoms with Crippen molar-refractivity contribution in [2.24, 2.45) is 5.41 Å². The minimum atomic E-state index is -4.64. The van der Waals surface area contributed by atoms with Gasteiger partial charge >= 0.3 is 6.18 Å². The van der Waals surface area contributed by atoms with E-state index in [1.54, 1.807) is 0 Å². The first-order valence-corrected chi connectivity index (χ1v) is 7.84. The van der Waals surface area contributed by atoms with Gasteiger partial charge in [-0.05, 0) is 46.1 Å². The standard InChI is InChI=1S/C16H21ClF3N3O2/c1-15(2,13(24)21-7-8-23(3)4)14(25)22-10-5-6-12(17)11(9-10)16(18,19)20/h5-6,9H,7-8H2,1-4H3,(H,21,24)(H,22,25). The van der Waals surface area contributed by atoms with Crippen molar-refractivity contribution in [3.8, 4) is 0 Å². The number of hydrogen-bond acceptors (Lipinski definition) is 3. The molecule has 5 nitrogen and oxygen atoms in total. The Kier molecular flexibility index (Phi) is 6.84. The van der Waals surface area contributed by atoms with Crippen LogP contribution in [-0.2, 0) is 15.8 Å². The van der Waals surface area contributed by atoms with E-state index in [0.29, 0.717) is 13.1 Å². The fraction of sp³-hybridized carbons (Fsp3) is 0.500. The van der Waals surface area contributed by atoms with Gasteiger partial charge in [0.05, 0.1) is 10.6 Å². The van der Waals surface area contributed by atoms with Crippen LogP contribution >= 0.6 is 11.6 Å². The minimum absolute atomic E-state index is 0.0871. The number of rotatable bonds is 6. The van der Waals surface area contributed by atoms with Crippen molar-refractivity contribution in [3.63, 3.8) is 0 Å². The maximum Gasteiger partial charge on any atom is 0.417 e. The van der Waals surface area contributed by atoms with Gasteiger partial charge in [-0.15, -0.1) is 0 Å². The third-order valence-corrected chi connectivity index (χ3v) is 3.84. The first kappa shape index (κ1) is 21.2. The Balaban J connectivity index is 2.85. The summed E-state index contributed by atoms with van der Waals surface area (Å²) in [4.78, 5) is 26.3. The lowest BCUT2D eigenvalue weighted by atomic mass is 9.91. The third-order valence-electron chi connectivity index (χ3n) is 3.51. The summed E-state index contributed by atoms with van der Waals surface area (Å²) in [6, 6.07) is 3.03. The van der Waals surface area contributed by atoms with Crippen LogP contribution in [0.3, 0.4) is 0 Å². The molecule has 0 aromatic heterocycles. The van der Waals surface area contributed by atoms with Gasteiger partial charge in [-0.2, -0.15) is 13.2 Å². The molecule has 0 saturated carbocycles. The lowest BCUT2D eigenvalue weighted by Crippen LogP contribution is -2.46. The Bertz CT molecular complexity index is 646. The van der Waals surface area contributed by atoms with Crippen LogP contribution in [0.5, 0.6) is 0 Å². The molecule has 0 aliphatic heterocycles. The summed E-state index contributed by atoms with van der Waals surface area (Å²) in [6.07, 6.45) is -4.64. The quantitative estimate of drug-likeness (QED) is 0.747. The van der Waals surface area contributed by atoms with Gasteiger partial charge in [0.15, 0.2) is 0 Å². The molecule has 0 fully saturated rings. The molecule has 0 atom stereocenters. The number of alkyl halides is 3. The van der Waals surface area contributed by atoms with E-state index >= 15 is 0 Å². The minimum Gasteiger partial charge on any atom is -0.354 e. The van der Waals surface area contributed by atoms with E-state index in [9.17, 15) is 22.8 Å². The molecule has 0 radical (unpaired) electrons. The molecule has 140 valence electrons. The van der Waals surface area contributed by atoms with Crippen LogP contribution in [0.1, 0.15) is 19.4 Å². The van der Waals surface area contributed by atoms with Crippen molar-refractivity contribution in [2.75, 3.05) is 32.5 Å². The van der Waals surface area contributed by atoms with E-state index in [0.717, 1.165) is 12.1 Å². The Labute approximate surface area is 149 Å². The fourth-order valence-corrected chi connectivity index (χ4v) is 2.05. The second kappa shape index (κ2) is 8.05. The van der Waals surface area contributed by atoms with E-state index in [-0.39, 0.29) is 5.69 Å². The first-order valence-electron chi connectivity index (χ1n) is 7.47. The Morgan fingerprint density at radius 2 is 1.76 bits per heavy atom. The van der Waals surface area contributed by atoms with Crippen LogP contribution < -0.4 is 10.6 Å². The third kappa shape index (κ3) is 5.89. The predicted octanol–water partition coefficient (Wildman–Crippen LogP) is 3.00. The maximum atomic E-state index is 12.9. The average molecular weight is 380 g/mol. The summed E-state index contributed by atoms with van der Waals surface area (Å²) in [5.74, 6) is -1.23. The van der Waals surface area contributed by atoms with E-state index < -0.39 is 34.0 Å². The normalized spacial score (nSPS) is 12.2. The largest absolute Gasteiger partial charge is 0.417 e. The summed E-state index contributed by atoms with van der Waals surface area (Å²) in [5.41, 5.74) is -2.60. The second-order valence-corrected chi connectivity index (χ2v) is 6.74. The highest BCUT2D eigenvalue weighted by Crippen LogP contribution is 2.36. The lowest BCUT2D eigenvalue weighted by Gasteiger charge is -2.23. The Morgan fingerprint density at radius 3 is 2.28 bits per heavy atom. The second-order valence-electron chi connectivity index (χ2n) is 6.33. The Morgan fingerprint density at radius 1 is 1.16 bits per heavy atom. The van der Waals surface area contributed by atoms with E-state index in [1.807, 2.05) is 19.0 Å². The SMILES string of the molecule is CN(C)CCNC(=O)C(C)(C)C(=O)Nc1ccc(Cl)c(C(F)(F)F)c1. The number of benzene rings is 1. The molecule has 1 aromatic carbocycles. The zero-order chi connectivity index (χ0) is 19.4. The summed E-state index contributed by atoms with van der Waals surface area (Å²) in [5, 5.41) is 4.49. The van der Waals surface area contributed by atoms with Crippen molar-refractivity contribution < 1.29 is 22.8 Å². The highest BCUT2D eigenvalue weighted by Gasteiger charge is 2.37. The molecule has 2 N–H and O–H groups in total. The molecular formula is C16H21ClF3N3O2. The predicted molar refractivity (Wildman–Crippen MR) is 90.4 cm³/mol. The highest BCUT2D eigenvalue weighted by atomic mass is 35.5. The highest BCUT2D eigenvalue weighted by molar-refractivity contribution is 6.31. The summed E-state index contributed by atoms with van der Waals surface area (Å²) in [6.45, 7) is 3.74. The van der Waals surface area contributed by atoms with Crippen molar-refractivity contribution >= 4 is 29.1 Å². The first-order chi connectivity index (χ1) is 11.4. The Hall–Kier alpha value is -1.80. The molecule has 0 aliphatic rings.